The number of nitrogens with two attached hydrogens (primary N) is 1. The zero-order valence-electron chi connectivity index (χ0n) is 11.1. The van der Waals surface area contributed by atoms with E-state index in [1.807, 2.05) is 42.1 Å². The molecule has 0 bridgehead atoms. The van der Waals surface area contributed by atoms with E-state index in [4.69, 9.17) is 5.73 Å². The van der Waals surface area contributed by atoms with Crippen molar-refractivity contribution in [3.63, 3.8) is 0 Å². The summed E-state index contributed by atoms with van der Waals surface area (Å²) in [7, 11) is 1.88. The third-order valence-corrected chi connectivity index (χ3v) is 3.03. The molecule has 0 atom stereocenters. The Morgan fingerprint density at radius 3 is 2.39 bits per heavy atom. The van der Waals surface area contributed by atoms with Crippen LogP contribution in [0.3, 0.4) is 0 Å². The molecule has 0 saturated carbocycles. The maximum atomic E-state index is 12.2. The van der Waals surface area contributed by atoms with Crippen LogP contribution in [-0.4, -0.2) is 9.36 Å². The van der Waals surface area contributed by atoms with Crippen molar-refractivity contribution < 1.29 is 0 Å². The summed E-state index contributed by atoms with van der Waals surface area (Å²) in [6, 6.07) is 9.55. The van der Waals surface area contributed by atoms with Crippen molar-refractivity contribution in [2.45, 2.75) is 20.3 Å². The molecule has 0 aliphatic carbocycles. The van der Waals surface area contributed by atoms with Gasteiger partial charge in [0.25, 0.3) is 5.56 Å². The van der Waals surface area contributed by atoms with Crippen molar-refractivity contribution in [1.29, 1.82) is 0 Å². The molecular formula is C14H19N3O. The number of hydrogen-bond acceptors (Lipinski definition) is 2. The number of nitrogens with zero attached hydrogens (tertiary/aromatic N) is 2. The second-order valence-corrected chi connectivity index (χ2v) is 4.93. The highest BCUT2D eigenvalue weighted by Gasteiger charge is 2.16. The van der Waals surface area contributed by atoms with Gasteiger partial charge in [-0.2, -0.15) is 0 Å². The molecule has 0 aliphatic heterocycles. The Morgan fingerprint density at radius 2 is 1.83 bits per heavy atom. The Balaban J connectivity index is 2.60. The molecule has 0 radical (unpaired) electrons. The van der Waals surface area contributed by atoms with Crippen LogP contribution >= 0.6 is 0 Å². The molecule has 1 aromatic heterocycles. The zero-order valence-corrected chi connectivity index (χ0v) is 11.1. The van der Waals surface area contributed by atoms with Crippen LogP contribution in [0.15, 0.2) is 35.1 Å². The lowest BCUT2D eigenvalue weighted by atomic mass is 10.1. The molecule has 1 aromatic carbocycles. The van der Waals surface area contributed by atoms with Gasteiger partial charge in [0.2, 0.25) is 0 Å². The molecule has 96 valence electrons. The lowest BCUT2D eigenvalue weighted by molar-refractivity contribution is 0.563. The van der Waals surface area contributed by atoms with E-state index in [-0.39, 0.29) is 5.56 Å². The van der Waals surface area contributed by atoms with Gasteiger partial charge in [-0.1, -0.05) is 32.0 Å². The Hall–Kier alpha value is -1.97. The average Bonchev–Trinajstić information content (AvgIpc) is 2.54. The molecule has 0 amide bonds. The Kier molecular flexibility index (Phi) is 3.28. The van der Waals surface area contributed by atoms with Crippen LogP contribution in [0.4, 0.5) is 5.69 Å². The van der Waals surface area contributed by atoms with Crippen molar-refractivity contribution in [1.82, 2.24) is 9.36 Å². The second kappa shape index (κ2) is 4.72. The summed E-state index contributed by atoms with van der Waals surface area (Å²) in [6.45, 7) is 4.23. The summed E-state index contributed by atoms with van der Waals surface area (Å²) in [6.07, 6.45) is 0.803. The van der Waals surface area contributed by atoms with Gasteiger partial charge in [-0.05, 0) is 24.5 Å². The third-order valence-electron chi connectivity index (χ3n) is 3.03. The number of hydrogen-bond donors (Lipinski definition) is 1. The van der Waals surface area contributed by atoms with Crippen molar-refractivity contribution in [2.24, 2.45) is 13.0 Å². The Morgan fingerprint density at radius 1 is 1.22 bits per heavy atom. The fourth-order valence-corrected chi connectivity index (χ4v) is 2.16. The fraction of sp³-hybridized carbons (Fsp3) is 0.357. The van der Waals surface area contributed by atoms with Gasteiger partial charge in [-0.3, -0.25) is 9.48 Å². The Bertz CT molecular complexity index is 593. The van der Waals surface area contributed by atoms with Crippen LogP contribution in [0.5, 0.6) is 0 Å². The first kappa shape index (κ1) is 12.5. The standard InChI is InChI=1S/C14H19N3O/c1-10(2)9-12-13(15)14(18)17(16(12)3)11-7-5-4-6-8-11/h4-8,10H,9,15H2,1-3H3. The van der Waals surface area contributed by atoms with Gasteiger partial charge in [0, 0.05) is 7.05 Å². The van der Waals surface area contributed by atoms with Crippen molar-refractivity contribution >= 4 is 5.69 Å². The highest BCUT2D eigenvalue weighted by molar-refractivity contribution is 5.45. The van der Waals surface area contributed by atoms with Crippen molar-refractivity contribution in [2.75, 3.05) is 5.73 Å². The van der Waals surface area contributed by atoms with Crippen molar-refractivity contribution in [3.8, 4) is 5.69 Å². The first-order valence-electron chi connectivity index (χ1n) is 6.14. The maximum Gasteiger partial charge on any atom is 0.294 e. The predicted molar refractivity (Wildman–Crippen MR) is 74.0 cm³/mol. The minimum absolute atomic E-state index is 0.139. The Labute approximate surface area is 107 Å². The molecule has 0 spiro atoms. The predicted octanol–water partition coefficient (Wildman–Crippen LogP) is 1.96. The van der Waals surface area contributed by atoms with Crippen LogP contribution < -0.4 is 11.3 Å². The molecule has 4 nitrogen and oxygen atoms in total. The smallest absolute Gasteiger partial charge is 0.294 e. The summed E-state index contributed by atoms with van der Waals surface area (Å²) >= 11 is 0. The van der Waals surface area contributed by atoms with Crippen LogP contribution in [0.25, 0.3) is 5.69 Å². The lowest BCUT2D eigenvalue weighted by Gasteiger charge is -2.11. The molecule has 2 N–H and O–H groups in total. The maximum absolute atomic E-state index is 12.2. The summed E-state index contributed by atoms with van der Waals surface area (Å²) in [5.74, 6) is 0.463. The van der Waals surface area contributed by atoms with E-state index >= 15 is 0 Å². The summed E-state index contributed by atoms with van der Waals surface area (Å²) in [5.41, 5.74) is 7.89. The molecule has 0 fully saturated rings. The van der Waals surface area contributed by atoms with E-state index in [1.54, 1.807) is 4.68 Å². The van der Waals surface area contributed by atoms with E-state index in [9.17, 15) is 4.79 Å². The minimum atomic E-state index is -0.139. The molecule has 2 rings (SSSR count). The molecular weight excluding hydrogens is 226 g/mol. The molecule has 18 heavy (non-hydrogen) atoms. The molecule has 0 unspecified atom stereocenters. The number of anilines is 1. The van der Waals surface area contributed by atoms with E-state index in [1.165, 1.54) is 0 Å². The normalized spacial score (nSPS) is 11.1. The van der Waals surface area contributed by atoms with Crippen LogP contribution in [-0.2, 0) is 13.5 Å². The van der Waals surface area contributed by atoms with Gasteiger partial charge in [-0.15, -0.1) is 0 Å². The van der Waals surface area contributed by atoms with Crippen LogP contribution in [0.1, 0.15) is 19.5 Å². The highest BCUT2D eigenvalue weighted by atomic mass is 16.1. The summed E-state index contributed by atoms with van der Waals surface area (Å²) < 4.78 is 3.47. The number of aromatic nitrogens is 2. The average molecular weight is 245 g/mol. The van der Waals surface area contributed by atoms with E-state index < -0.39 is 0 Å². The molecule has 1 heterocycles. The van der Waals surface area contributed by atoms with Crippen molar-refractivity contribution in [3.05, 3.63) is 46.4 Å². The molecule has 0 saturated heterocycles. The van der Waals surface area contributed by atoms with E-state index in [0.717, 1.165) is 17.8 Å². The van der Waals surface area contributed by atoms with Gasteiger partial charge < -0.3 is 5.73 Å². The highest BCUT2D eigenvalue weighted by Crippen LogP contribution is 2.15. The molecule has 2 aromatic rings. The van der Waals surface area contributed by atoms with Gasteiger partial charge >= 0.3 is 0 Å². The van der Waals surface area contributed by atoms with E-state index in [2.05, 4.69) is 13.8 Å². The number of rotatable bonds is 3. The largest absolute Gasteiger partial charge is 0.393 e. The SMILES string of the molecule is CC(C)Cc1c(N)c(=O)n(-c2ccccc2)n1C. The summed E-state index contributed by atoms with van der Waals surface area (Å²) in [5, 5.41) is 0. The second-order valence-electron chi connectivity index (χ2n) is 4.93. The quantitative estimate of drug-likeness (QED) is 0.898. The zero-order chi connectivity index (χ0) is 13.3. The topological polar surface area (TPSA) is 53.0 Å². The molecule has 0 aliphatic rings. The minimum Gasteiger partial charge on any atom is -0.393 e. The number of nitrogen functional groups attached to an aromatic ring is 1. The first-order chi connectivity index (χ1) is 8.52. The van der Waals surface area contributed by atoms with Gasteiger partial charge in [0.1, 0.15) is 5.69 Å². The van der Waals surface area contributed by atoms with Gasteiger partial charge in [-0.25, -0.2) is 4.68 Å². The number of para-hydroxylation sites is 1. The van der Waals surface area contributed by atoms with Crippen LogP contribution in [0, 0.1) is 5.92 Å². The first-order valence-corrected chi connectivity index (χ1v) is 6.14. The van der Waals surface area contributed by atoms with Gasteiger partial charge in [0.05, 0.1) is 11.4 Å². The van der Waals surface area contributed by atoms with Gasteiger partial charge in [0.15, 0.2) is 0 Å². The van der Waals surface area contributed by atoms with E-state index in [0.29, 0.717) is 11.6 Å². The van der Waals surface area contributed by atoms with Crippen LogP contribution in [0.2, 0.25) is 0 Å². The fourth-order valence-electron chi connectivity index (χ4n) is 2.16. The summed E-state index contributed by atoms with van der Waals surface area (Å²) in [4.78, 5) is 12.2. The molecule has 4 heteroatoms. The lowest BCUT2D eigenvalue weighted by Crippen LogP contribution is -2.20. The third kappa shape index (κ3) is 2.06. The number of benzene rings is 1. The monoisotopic (exact) mass is 245 g/mol.